The Hall–Kier alpha value is -2.08. The van der Waals surface area contributed by atoms with Crippen LogP contribution < -0.4 is 9.47 Å². The van der Waals surface area contributed by atoms with Crippen molar-refractivity contribution in [1.29, 1.82) is 0 Å². The molecule has 21 heavy (non-hydrogen) atoms. The number of nitro groups is 1. The van der Waals surface area contributed by atoms with Gasteiger partial charge in [-0.3, -0.25) is 10.1 Å². The summed E-state index contributed by atoms with van der Waals surface area (Å²) >= 11 is 3.39. The predicted molar refractivity (Wildman–Crippen MR) is 83.5 cm³/mol. The number of methoxy groups -OCH3 is 1. The van der Waals surface area contributed by atoms with E-state index in [0.717, 1.165) is 11.1 Å². The van der Waals surface area contributed by atoms with Gasteiger partial charge in [-0.15, -0.1) is 0 Å². The highest BCUT2D eigenvalue weighted by atomic mass is 79.9. The third kappa shape index (κ3) is 3.52. The van der Waals surface area contributed by atoms with Crippen molar-refractivity contribution in [2.24, 2.45) is 0 Å². The average Bonchev–Trinajstić information content (AvgIpc) is 2.48. The van der Waals surface area contributed by atoms with E-state index in [0.29, 0.717) is 16.8 Å². The molecule has 110 valence electrons. The van der Waals surface area contributed by atoms with Crippen molar-refractivity contribution in [2.45, 2.75) is 12.3 Å². The highest BCUT2D eigenvalue weighted by Crippen LogP contribution is 2.36. The minimum absolute atomic E-state index is 0.100. The van der Waals surface area contributed by atoms with Gasteiger partial charge >= 0.3 is 5.69 Å². The van der Waals surface area contributed by atoms with Gasteiger partial charge in [-0.2, -0.15) is 0 Å². The molecule has 0 aliphatic rings. The number of nitrogens with zero attached hydrogens (tertiary/aromatic N) is 1. The molecule has 0 amide bonds. The summed E-state index contributed by atoms with van der Waals surface area (Å²) in [4.78, 5) is 10.6. The highest BCUT2D eigenvalue weighted by Gasteiger charge is 2.18. The van der Waals surface area contributed by atoms with Crippen LogP contribution in [0.3, 0.4) is 0 Å². The molecule has 0 aromatic heterocycles. The smallest absolute Gasteiger partial charge is 0.311 e. The van der Waals surface area contributed by atoms with Crippen LogP contribution >= 0.6 is 15.9 Å². The molecule has 0 spiro atoms. The summed E-state index contributed by atoms with van der Waals surface area (Å²) in [6.07, 6.45) is 0. The Balaban J connectivity index is 2.45. The Labute approximate surface area is 130 Å². The van der Waals surface area contributed by atoms with E-state index in [1.165, 1.54) is 25.3 Å². The summed E-state index contributed by atoms with van der Waals surface area (Å²) in [6.45, 7) is 1.98. The molecule has 0 heterocycles. The largest absolute Gasteiger partial charge is 0.497 e. The van der Waals surface area contributed by atoms with Gasteiger partial charge in [0.15, 0.2) is 0 Å². The Morgan fingerprint density at radius 3 is 2.57 bits per heavy atom. The molecule has 0 fully saturated rings. The molecule has 2 rings (SSSR count). The van der Waals surface area contributed by atoms with Crippen molar-refractivity contribution < 1.29 is 14.4 Å². The van der Waals surface area contributed by atoms with Gasteiger partial charge in [0.05, 0.1) is 12.0 Å². The van der Waals surface area contributed by atoms with Crippen LogP contribution in [0.25, 0.3) is 0 Å². The number of hydrogen-bond acceptors (Lipinski definition) is 4. The molecule has 0 saturated carbocycles. The van der Waals surface area contributed by atoms with Crippen LogP contribution in [0, 0.1) is 17.0 Å². The molecule has 2 aromatic rings. The molecule has 2 aromatic carbocycles. The number of benzene rings is 2. The first kappa shape index (κ1) is 15.3. The van der Waals surface area contributed by atoms with Crippen LogP contribution in [-0.2, 0) is 5.33 Å². The van der Waals surface area contributed by atoms with E-state index in [9.17, 15) is 10.1 Å². The normalized spacial score (nSPS) is 10.2. The molecule has 0 aliphatic heterocycles. The fraction of sp³-hybridized carbons (Fsp3) is 0.200. The van der Waals surface area contributed by atoms with Crippen molar-refractivity contribution in [2.75, 3.05) is 7.11 Å². The summed E-state index contributed by atoms with van der Waals surface area (Å²) in [5.41, 5.74) is 1.92. The van der Waals surface area contributed by atoms with Gasteiger partial charge in [0.2, 0.25) is 5.75 Å². The molecule has 0 N–H and O–H groups in total. The lowest BCUT2D eigenvalue weighted by Crippen LogP contribution is -1.96. The number of nitro benzene ring substituents is 1. The van der Waals surface area contributed by atoms with Gasteiger partial charge in [-0.1, -0.05) is 33.6 Å². The number of hydrogen-bond donors (Lipinski definition) is 0. The molecule has 0 atom stereocenters. The first-order chi connectivity index (χ1) is 10.0. The van der Waals surface area contributed by atoms with E-state index in [1.54, 1.807) is 6.07 Å². The molecule has 0 bridgehead atoms. The Kier molecular flexibility index (Phi) is 4.80. The maximum Gasteiger partial charge on any atom is 0.311 e. The van der Waals surface area contributed by atoms with E-state index in [4.69, 9.17) is 9.47 Å². The lowest BCUT2D eigenvalue weighted by Gasteiger charge is -2.11. The molecule has 6 heteroatoms. The lowest BCUT2D eigenvalue weighted by atomic mass is 10.1. The average molecular weight is 352 g/mol. The zero-order valence-corrected chi connectivity index (χ0v) is 13.2. The Morgan fingerprint density at radius 1 is 1.19 bits per heavy atom. The van der Waals surface area contributed by atoms with E-state index in [-0.39, 0.29) is 11.4 Å². The van der Waals surface area contributed by atoms with Crippen molar-refractivity contribution in [1.82, 2.24) is 0 Å². The minimum Gasteiger partial charge on any atom is -0.497 e. The van der Waals surface area contributed by atoms with Gasteiger partial charge in [0, 0.05) is 23.0 Å². The number of alkyl halides is 1. The van der Waals surface area contributed by atoms with Crippen LogP contribution in [-0.4, -0.2) is 12.0 Å². The van der Waals surface area contributed by atoms with E-state index >= 15 is 0 Å². The SMILES string of the molecule is COc1ccc([N+](=O)[O-])c(Oc2ccc(C)cc2CBr)c1. The van der Waals surface area contributed by atoms with Crippen LogP contribution in [0.2, 0.25) is 0 Å². The predicted octanol–water partition coefficient (Wildman–Crippen LogP) is 4.60. The summed E-state index contributed by atoms with van der Waals surface area (Å²) < 4.78 is 10.8. The standard InChI is InChI=1S/C15H14BrNO4/c1-10-3-6-14(11(7-10)9-16)21-15-8-12(20-2)4-5-13(15)17(18)19/h3-8H,9H2,1-2H3. The van der Waals surface area contributed by atoms with Crippen molar-refractivity contribution in [3.63, 3.8) is 0 Å². The lowest BCUT2D eigenvalue weighted by molar-refractivity contribution is -0.385. The molecule has 0 unspecified atom stereocenters. The third-order valence-electron chi connectivity index (χ3n) is 2.94. The monoisotopic (exact) mass is 351 g/mol. The fourth-order valence-electron chi connectivity index (χ4n) is 1.88. The van der Waals surface area contributed by atoms with E-state index in [2.05, 4.69) is 15.9 Å². The molecule has 0 radical (unpaired) electrons. The fourth-order valence-corrected chi connectivity index (χ4v) is 2.32. The Morgan fingerprint density at radius 2 is 1.95 bits per heavy atom. The first-order valence-corrected chi connectivity index (χ1v) is 7.33. The highest BCUT2D eigenvalue weighted by molar-refractivity contribution is 9.08. The number of aryl methyl sites for hydroxylation is 1. The van der Waals surface area contributed by atoms with E-state index in [1.807, 2.05) is 19.1 Å². The van der Waals surface area contributed by atoms with Crippen LogP contribution in [0.4, 0.5) is 5.69 Å². The first-order valence-electron chi connectivity index (χ1n) is 6.21. The van der Waals surface area contributed by atoms with Gasteiger partial charge in [0.1, 0.15) is 11.5 Å². The molecular formula is C15H14BrNO4. The van der Waals surface area contributed by atoms with Crippen molar-refractivity contribution >= 4 is 21.6 Å². The molecular weight excluding hydrogens is 338 g/mol. The molecule has 0 saturated heterocycles. The minimum atomic E-state index is -0.475. The van der Waals surface area contributed by atoms with Gasteiger partial charge in [-0.25, -0.2) is 0 Å². The van der Waals surface area contributed by atoms with Crippen molar-refractivity contribution in [3.05, 3.63) is 57.6 Å². The summed E-state index contributed by atoms with van der Waals surface area (Å²) in [5, 5.41) is 11.7. The molecule has 0 aliphatic carbocycles. The van der Waals surface area contributed by atoms with Gasteiger partial charge < -0.3 is 9.47 Å². The second-order valence-corrected chi connectivity index (χ2v) is 5.00. The van der Waals surface area contributed by atoms with Gasteiger partial charge in [-0.05, 0) is 19.1 Å². The zero-order valence-electron chi connectivity index (χ0n) is 11.6. The summed E-state index contributed by atoms with van der Waals surface area (Å²) in [6, 6.07) is 10.1. The number of halogens is 1. The number of ether oxygens (including phenoxy) is 2. The van der Waals surface area contributed by atoms with Gasteiger partial charge in [0.25, 0.3) is 0 Å². The maximum absolute atomic E-state index is 11.1. The van der Waals surface area contributed by atoms with E-state index < -0.39 is 4.92 Å². The van der Waals surface area contributed by atoms with Crippen LogP contribution in [0.15, 0.2) is 36.4 Å². The van der Waals surface area contributed by atoms with Crippen LogP contribution in [0.5, 0.6) is 17.2 Å². The van der Waals surface area contributed by atoms with Crippen LogP contribution in [0.1, 0.15) is 11.1 Å². The molecule has 5 nitrogen and oxygen atoms in total. The summed E-state index contributed by atoms with van der Waals surface area (Å²) in [5.74, 6) is 1.24. The quantitative estimate of drug-likeness (QED) is 0.448. The number of rotatable bonds is 5. The Bertz CT molecular complexity index is 673. The second-order valence-electron chi connectivity index (χ2n) is 4.44. The maximum atomic E-state index is 11.1. The second kappa shape index (κ2) is 6.58. The summed E-state index contributed by atoms with van der Waals surface area (Å²) in [7, 11) is 1.50. The van der Waals surface area contributed by atoms with Crippen molar-refractivity contribution in [3.8, 4) is 17.2 Å². The third-order valence-corrected chi connectivity index (χ3v) is 3.55. The zero-order chi connectivity index (χ0) is 15.4. The topological polar surface area (TPSA) is 61.6 Å².